The van der Waals surface area contributed by atoms with Crippen molar-refractivity contribution in [2.75, 3.05) is 7.11 Å². The van der Waals surface area contributed by atoms with Crippen LogP contribution in [-0.2, 0) is 4.84 Å². The Morgan fingerprint density at radius 3 is 2.75 bits per heavy atom. The number of hydrogen-bond acceptors (Lipinski definition) is 4. The van der Waals surface area contributed by atoms with E-state index in [1.54, 1.807) is 7.11 Å². The summed E-state index contributed by atoms with van der Waals surface area (Å²) < 4.78 is 5.23. The predicted molar refractivity (Wildman–Crippen MR) is 62.0 cm³/mol. The zero-order chi connectivity index (χ0) is 11.5. The van der Waals surface area contributed by atoms with Gasteiger partial charge in [0.2, 0.25) is 5.88 Å². The minimum absolute atomic E-state index is 0.243. The Morgan fingerprint density at radius 2 is 2.06 bits per heavy atom. The van der Waals surface area contributed by atoms with Gasteiger partial charge in [0.25, 0.3) is 0 Å². The van der Waals surface area contributed by atoms with E-state index < -0.39 is 0 Å². The molecule has 0 spiro atoms. The molecule has 0 aliphatic carbocycles. The van der Waals surface area contributed by atoms with Crippen molar-refractivity contribution in [1.29, 1.82) is 0 Å². The number of fused-ring (bicyclic) bond motifs is 1. The van der Waals surface area contributed by atoms with Crippen molar-refractivity contribution >= 4 is 10.9 Å². The number of pyridine rings is 1. The van der Waals surface area contributed by atoms with E-state index in [2.05, 4.69) is 4.98 Å². The van der Waals surface area contributed by atoms with Gasteiger partial charge in [-0.05, 0) is 19.1 Å². The number of nitrogens with zero attached hydrogens (tertiary/aromatic N) is 1. The van der Waals surface area contributed by atoms with Crippen molar-refractivity contribution in [3.8, 4) is 5.88 Å². The zero-order valence-electron chi connectivity index (χ0n) is 9.31. The summed E-state index contributed by atoms with van der Waals surface area (Å²) in [7, 11) is 1.59. The molecule has 0 aliphatic rings. The molecule has 1 aromatic carbocycles. The number of benzene rings is 1. The monoisotopic (exact) mass is 218 g/mol. The van der Waals surface area contributed by atoms with E-state index in [1.807, 2.05) is 37.3 Å². The molecule has 2 N–H and O–H groups in total. The van der Waals surface area contributed by atoms with Crippen LogP contribution in [0.2, 0.25) is 0 Å². The first-order valence-corrected chi connectivity index (χ1v) is 5.05. The third kappa shape index (κ3) is 1.85. The van der Waals surface area contributed by atoms with Gasteiger partial charge in [0.15, 0.2) is 0 Å². The van der Waals surface area contributed by atoms with Crippen molar-refractivity contribution in [2.24, 2.45) is 5.90 Å². The van der Waals surface area contributed by atoms with Crippen LogP contribution in [0.15, 0.2) is 30.3 Å². The van der Waals surface area contributed by atoms with Gasteiger partial charge in [-0.3, -0.25) is 4.84 Å². The Kier molecular flexibility index (Phi) is 3.03. The van der Waals surface area contributed by atoms with Gasteiger partial charge in [0.1, 0.15) is 6.10 Å². The van der Waals surface area contributed by atoms with E-state index in [0.717, 1.165) is 16.5 Å². The standard InChI is InChI=1S/C12H14N2O2/c1-8(16-13)10-7-9-5-3-4-6-11(9)14-12(10)15-2/h3-8H,13H2,1-2H3. The maximum atomic E-state index is 5.23. The van der Waals surface area contributed by atoms with Crippen LogP contribution in [0.3, 0.4) is 0 Å². The minimum Gasteiger partial charge on any atom is -0.481 e. The first-order chi connectivity index (χ1) is 7.76. The number of methoxy groups -OCH3 is 1. The Morgan fingerprint density at radius 1 is 1.31 bits per heavy atom. The van der Waals surface area contributed by atoms with Crippen molar-refractivity contribution in [3.63, 3.8) is 0 Å². The Balaban J connectivity index is 2.62. The number of hydrogen-bond donors (Lipinski definition) is 1. The van der Waals surface area contributed by atoms with Gasteiger partial charge in [-0.1, -0.05) is 18.2 Å². The molecular formula is C12H14N2O2. The molecule has 0 saturated carbocycles. The second kappa shape index (κ2) is 4.47. The van der Waals surface area contributed by atoms with Crippen LogP contribution in [0.1, 0.15) is 18.6 Å². The topological polar surface area (TPSA) is 57.4 Å². The third-order valence-electron chi connectivity index (χ3n) is 2.55. The van der Waals surface area contributed by atoms with Gasteiger partial charge >= 0.3 is 0 Å². The van der Waals surface area contributed by atoms with Gasteiger partial charge in [-0.15, -0.1) is 0 Å². The molecule has 84 valence electrons. The highest BCUT2D eigenvalue weighted by Crippen LogP contribution is 2.28. The average Bonchev–Trinajstić information content (AvgIpc) is 2.36. The molecule has 16 heavy (non-hydrogen) atoms. The smallest absolute Gasteiger partial charge is 0.219 e. The van der Waals surface area contributed by atoms with E-state index in [0.29, 0.717) is 5.88 Å². The van der Waals surface area contributed by atoms with Gasteiger partial charge in [-0.2, -0.15) is 0 Å². The van der Waals surface area contributed by atoms with Crippen molar-refractivity contribution in [1.82, 2.24) is 4.98 Å². The van der Waals surface area contributed by atoms with E-state index in [9.17, 15) is 0 Å². The van der Waals surface area contributed by atoms with Crippen LogP contribution < -0.4 is 10.6 Å². The molecule has 1 unspecified atom stereocenters. The molecule has 2 rings (SSSR count). The van der Waals surface area contributed by atoms with Gasteiger partial charge in [0, 0.05) is 10.9 Å². The summed E-state index contributed by atoms with van der Waals surface area (Å²) in [4.78, 5) is 9.21. The molecule has 0 saturated heterocycles. The molecule has 1 aromatic heterocycles. The molecule has 1 atom stereocenters. The van der Waals surface area contributed by atoms with Crippen molar-refractivity contribution < 1.29 is 9.57 Å². The largest absolute Gasteiger partial charge is 0.481 e. The molecule has 2 aromatic rings. The summed E-state index contributed by atoms with van der Waals surface area (Å²) in [5, 5.41) is 1.04. The van der Waals surface area contributed by atoms with E-state index in [-0.39, 0.29) is 6.10 Å². The highest BCUT2D eigenvalue weighted by Gasteiger charge is 2.13. The predicted octanol–water partition coefficient (Wildman–Crippen LogP) is 2.19. The van der Waals surface area contributed by atoms with E-state index in [4.69, 9.17) is 15.5 Å². The Bertz CT molecular complexity index is 499. The summed E-state index contributed by atoms with van der Waals surface area (Å²) in [6.45, 7) is 1.86. The molecule has 4 nitrogen and oxygen atoms in total. The maximum Gasteiger partial charge on any atom is 0.219 e. The Labute approximate surface area is 93.9 Å². The molecule has 0 bridgehead atoms. The summed E-state index contributed by atoms with van der Waals surface area (Å²) in [6.07, 6.45) is -0.243. The number of nitrogens with two attached hydrogens (primary N) is 1. The summed E-state index contributed by atoms with van der Waals surface area (Å²) in [6, 6.07) is 9.83. The van der Waals surface area contributed by atoms with Crippen LogP contribution in [0, 0.1) is 0 Å². The van der Waals surface area contributed by atoms with Crippen molar-refractivity contribution in [2.45, 2.75) is 13.0 Å². The third-order valence-corrected chi connectivity index (χ3v) is 2.55. The van der Waals surface area contributed by atoms with Gasteiger partial charge in [-0.25, -0.2) is 10.9 Å². The average molecular weight is 218 g/mol. The lowest BCUT2D eigenvalue weighted by molar-refractivity contribution is 0.0643. The van der Waals surface area contributed by atoms with Crippen LogP contribution in [-0.4, -0.2) is 12.1 Å². The normalized spacial score (nSPS) is 12.7. The van der Waals surface area contributed by atoms with Crippen LogP contribution in [0.25, 0.3) is 10.9 Å². The van der Waals surface area contributed by atoms with Gasteiger partial charge in [0.05, 0.1) is 12.6 Å². The summed E-state index contributed by atoms with van der Waals surface area (Å²) >= 11 is 0. The molecule has 0 fully saturated rings. The first kappa shape index (κ1) is 10.9. The van der Waals surface area contributed by atoms with Crippen LogP contribution in [0.4, 0.5) is 0 Å². The highest BCUT2D eigenvalue weighted by atomic mass is 16.6. The fourth-order valence-corrected chi connectivity index (χ4v) is 1.64. The number of ether oxygens (including phenoxy) is 1. The molecule has 0 radical (unpaired) electrons. The van der Waals surface area contributed by atoms with Crippen molar-refractivity contribution in [3.05, 3.63) is 35.9 Å². The van der Waals surface area contributed by atoms with Crippen LogP contribution >= 0.6 is 0 Å². The highest BCUT2D eigenvalue weighted by molar-refractivity contribution is 5.80. The lowest BCUT2D eigenvalue weighted by Gasteiger charge is -2.13. The maximum absolute atomic E-state index is 5.23. The zero-order valence-corrected chi connectivity index (χ0v) is 9.31. The lowest BCUT2D eigenvalue weighted by Crippen LogP contribution is -2.08. The first-order valence-electron chi connectivity index (χ1n) is 5.05. The number of aromatic nitrogens is 1. The van der Waals surface area contributed by atoms with E-state index in [1.165, 1.54) is 0 Å². The summed E-state index contributed by atoms with van der Waals surface area (Å²) in [5.74, 6) is 5.74. The second-order valence-corrected chi connectivity index (χ2v) is 3.56. The minimum atomic E-state index is -0.243. The van der Waals surface area contributed by atoms with Gasteiger partial charge < -0.3 is 4.74 Å². The SMILES string of the molecule is COc1nc2ccccc2cc1C(C)ON. The number of rotatable bonds is 3. The Hall–Kier alpha value is -1.65. The molecule has 4 heteroatoms. The fraction of sp³-hybridized carbons (Fsp3) is 0.250. The number of para-hydroxylation sites is 1. The summed E-state index contributed by atoms with van der Waals surface area (Å²) in [5.41, 5.74) is 1.75. The molecule has 0 aliphatic heterocycles. The molecule has 0 amide bonds. The second-order valence-electron chi connectivity index (χ2n) is 3.56. The molecule has 1 heterocycles. The fourth-order valence-electron chi connectivity index (χ4n) is 1.64. The lowest BCUT2D eigenvalue weighted by atomic mass is 10.1. The van der Waals surface area contributed by atoms with E-state index >= 15 is 0 Å². The quantitative estimate of drug-likeness (QED) is 0.802. The molecular weight excluding hydrogens is 204 g/mol. The van der Waals surface area contributed by atoms with Crippen LogP contribution in [0.5, 0.6) is 5.88 Å².